The lowest BCUT2D eigenvalue weighted by Gasteiger charge is -2.31. The van der Waals surface area contributed by atoms with E-state index in [1.165, 1.54) is 12.0 Å². The Bertz CT molecular complexity index is 847. The molecule has 0 aromatic rings. The maximum absolute atomic E-state index is 13.4. The van der Waals surface area contributed by atoms with E-state index in [-0.39, 0.29) is 18.4 Å². The molecular formula is C25H40N4O8. The third-order valence-corrected chi connectivity index (χ3v) is 6.26. The lowest BCUT2D eigenvalue weighted by Crippen LogP contribution is -2.57. The Balaban J connectivity index is 2.17. The van der Waals surface area contributed by atoms with E-state index in [9.17, 15) is 29.1 Å². The fourth-order valence-electron chi connectivity index (χ4n) is 4.25. The average Bonchev–Trinajstić information content (AvgIpc) is 3.37. The van der Waals surface area contributed by atoms with E-state index < -0.39 is 54.7 Å². The van der Waals surface area contributed by atoms with E-state index >= 15 is 0 Å². The molecule has 1 saturated heterocycles. The smallest absolute Gasteiger partial charge is 0.407 e. The second-order valence-electron chi connectivity index (χ2n) is 9.71. The van der Waals surface area contributed by atoms with Gasteiger partial charge in [0, 0.05) is 6.54 Å². The van der Waals surface area contributed by atoms with Crippen molar-refractivity contribution < 1.29 is 38.6 Å². The van der Waals surface area contributed by atoms with Crippen molar-refractivity contribution in [1.82, 2.24) is 20.9 Å². The van der Waals surface area contributed by atoms with Gasteiger partial charge in [-0.3, -0.25) is 19.2 Å². The van der Waals surface area contributed by atoms with Crippen LogP contribution in [-0.2, 0) is 28.7 Å². The van der Waals surface area contributed by atoms with Gasteiger partial charge >= 0.3 is 12.1 Å². The topological polar surface area (TPSA) is 163 Å². The fraction of sp³-hybridized carbons (Fsp3) is 0.720. The number of nitrogens with one attached hydrogen (secondary N) is 3. The van der Waals surface area contributed by atoms with E-state index in [1.54, 1.807) is 0 Å². The first-order chi connectivity index (χ1) is 17.6. The van der Waals surface area contributed by atoms with Gasteiger partial charge in [0.05, 0.1) is 19.8 Å². The van der Waals surface area contributed by atoms with Crippen molar-refractivity contribution in [2.75, 3.05) is 26.8 Å². The number of alkyl carbamates (subject to hydrolysis) is 1. The molecule has 0 radical (unpaired) electrons. The summed E-state index contributed by atoms with van der Waals surface area (Å²) in [6, 6.07) is -2.57. The van der Waals surface area contributed by atoms with Gasteiger partial charge in [-0.25, -0.2) is 4.79 Å². The van der Waals surface area contributed by atoms with Gasteiger partial charge in [-0.1, -0.05) is 26.0 Å². The van der Waals surface area contributed by atoms with E-state index in [0.29, 0.717) is 51.5 Å². The number of carbonyl (C=O) groups is 5. The molecule has 0 spiro atoms. The molecule has 4 amide bonds. The number of hydrogen-bond acceptors (Lipinski definition) is 8. The zero-order chi connectivity index (χ0) is 27.4. The lowest BCUT2D eigenvalue weighted by molar-refractivity contribution is -0.143. The van der Waals surface area contributed by atoms with Crippen molar-refractivity contribution in [1.29, 1.82) is 0 Å². The Morgan fingerprint density at radius 1 is 1.14 bits per heavy atom. The highest BCUT2D eigenvalue weighted by Crippen LogP contribution is 2.21. The molecule has 0 saturated carbocycles. The molecule has 0 aromatic carbocycles. The second-order valence-corrected chi connectivity index (χ2v) is 9.71. The van der Waals surface area contributed by atoms with E-state index in [1.807, 2.05) is 26.0 Å². The predicted molar refractivity (Wildman–Crippen MR) is 133 cm³/mol. The highest BCUT2D eigenvalue weighted by Gasteiger charge is 2.39. The first kappa shape index (κ1) is 30.1. The van der Waals surface area contributed by atoms with Crippen molar-refractivity contribution in [2.24, 2.45) is 5.92 Å². The predicted octanol–water partition coefficient (Wildman–Crippen LogP) is 0.383. The number of aliphatic hydroxyl groups excluding tert-OH is 1. The zero-order valence-corrected chi connectivity index (χ0v) is 21.9. The van der Waals surface area contributed by atoms with Crippen molar-refractivity contribution in [2.45, 2.75) is 83.0 Å². The minimum Gasteiger partial charge on any atom is -0.468 e. The van der Waals surface area contributed by atoms with Crippen molar-refractivity contribution >= 4 is 29.8 Å². The number of esters is 1. The Labute approximate surface area is 217 Å². The molecule has 12 heteroatoms. The van der Waals surface area contributed by atoms with Crippen LogP contribution < -0.4 is 16.0 Å². The van der Waals surface area contributed by atoms with Gasteiger partial charge in [0.2, 0.25) is 11.8 Å². The second kappa shape index (κ2) is 15.2. The Hall–Kier alpha value is -3.15. The Kier molecular flexibility index (Phi) is 12.3. The number of rotatable bonds is 7. The monoisotopic (exact) mass is 524 g/mol. The van der Waals surface area contributed by atoms with Crippen LogP contribution in [0.3, 0.4) is 0 Å². The van der Waals surface area contributed by atoms with Crippen LogP contribution in [-0.4, -0.2) is 90.8 Å². The molecule has 208 valence electrons. The van der Waals surface area contributed by atoms with Crippen LogP contribution in [0.25, 0.3) is 0 Å². The molecule has 0 aromatic heterocycles. The lowest BCUT2D eigenvalue weighted by atomic mass is 10.0. The van der Waals surface area contributed by atoms with Crippen molar-refractivity contribution in [3.05, 3.63) is 12.2 Å². The molecule has 0 aliphatic carbocycles. The van der Waals surface area contributed by atoms with Crippen molar-refractivity contribution in [3.8, 4) is 0 Å². The summed E-state index contributed by atoms with van der Waals surface area (Å²) in [6.07, 6.45) is 5.00. The van der Waals surface area contributed by atoms with E-state index in [0.717, 1.165) is 0 Å². The van der Waals surface area contributed by atoms with Crippen LogP contribution in [0.1, 0.15) is 58.8 Å². The van der Waals surface area contributed by atoms with Gasteiger partial charge in [-0.05, 0) is 50.9 Å². The van der Waals surface area contributed by atoms with Gasteiger partial charge in [-0.2, -0.15) is 0 Å². The number of methoxy groups -OCH3 is 1. The third kappa shape index (κ3) is 9.67. The van der Waals surface area contributed by atoms with Crippen molar-refractivity contribution in [3.63, 3.8) is 0 Å². The molecule has 2 heterocycles. The maximum atomic E-state index is 13.4. The minimum absolute atomic E-state index is 0.144. The average molecular weight is 525 g/mol. The number of allylic oxidation sites excluding steroid dienone is 2. The molecule has 1 fully saturated rings. The maximum Gasteiger partial charge on any atom is 0.407 e. The van der Waals surface area contributed by atoms with Gasteiger partial charge < -0.3 is 35.4 Å². The summed E-state index contributed by atoms with van der Waals surface area (Å²) < 4.78 is 9.68. The largest absolute Gasteiger partial charge is 0.468 e. The number of fused-ring (bicyclic) bond motifs is 1. The van der Waals surface area contributed by atoms with Crippen LogP contribution in [0.2, 0.25) is 0 Å². The molecular weight excluding hydrogens is 484 g/mol. The molecule has 4 atom stereocenters. The first-order valence-electron chi connectivity index (χ1n) is 12.9. The van der Waals surface area contributed by atoms with Gasteiger partial charge in [0.1, 0.15) is 18.6 Å². The van der Waals surface area contributed by atoms with Crippen LogP contribution in [0.5, 0.6) is 0 Å². The summed E-state index contributed by atoms with van der Waals surface area (Å²) in [5.41, 5.74) is 0. The third-order valence-electron chi connectivity index (χ3n) is 6.26. The highest BCUT2D eigenvalue weighted by atomic mass is 16.5. The fourth-order valence-corrected chi connectivity index (χ4v) is 4.25. The molecule has 37 heavy (non-hydrogen) atoms. The van der Waals surface area contributed by atoms with Crippen LogP contribution in [0, 0.1) is 5.92 Å². The summed E-state index contributed by atoms with van der Waals surface area (Å²) in [4.78, 5) is 64.1. The summed E-state index contributed by atoms with van der Waals surface area (Å²) >= 11 is 0. The standard InChI is InChI=1S/C25H40N4O8/c1-16(2)15-37-25(35)28-18-11-8-6-4-5-7-10-17(21(31)23(33)26-14-20(30)36-3)27-22(32)19-12-9-13-29(19)24(18)34/h4,6,16-19,21,31H,5,7-15H2,1-3H3,(H,26,33)(H,27,32)(H,28,35)/t17-,18-,19-,21?/m0/s1. The Morgan fingerprint density at radius 2 is 1.86 bits per heavy atom. The van der Waals surface area contributed by atoms with Gasteiger partial charge in [0.15, 0.2) is 6.10 Å². The molecule has 12 nitrogen and oxygen atoms in total. The summed E-state index contributed by atoms with van der Waals surface area (Å²) in [5, 5.41) is 18.3. The summed E-state index contributed by atoms with van der Waals surface area (Å²) in [6.45, 7) is 3.97. The summed E-state index contributed by atoms with van der Waals surface area (Å²) in [5.74, 6) is -2.19. The SMILES string of the molecule is COC(=O)CNC(=O)C(O)[C@@H]1CCCC=CCC[C@H](NC(=O)OCC(C)C)C(=O)N2CCC[C@H]2C(=O)N1. The molecule has 0 bridgehead atoms. The molecule has 4 N–H and O–H groups in total. The Morgan fingerprint density at radius 3 is 2.57 bits per heavy atom. The quantitative estimate of drug-likeness (QED) is 0.274. The number of nitrogens with zero attached hydrogens (tertiary/aromatic N) is 1. The summed E-state index contributed by atoms with van der Waals surface area (Å²) in [7, 11) is 1.18. The van der Waals surface area contributed by atoms with Crippen LogP contribution in [0.4, 0.5) is 4.79 Å². The van der Waals surface area contributed by atoms with Gasteiger partial charge in [0.25, 0.3) is 5.91 Å². The van der Waals surface area contributed by atoms with E-state index in [2.05, 4.69) is 20.7 Å². The van der Waals surface area contributed by atoms with E-state index in [4.69, 9.17) is 4.74 Å². The van der Waals surface area contributed by atoms with Crippen LogP contribution >= 0.6 is 0 Å². The number of hydrogen-bond donors (Lipinski definition) is 4. The highest BCUT2D eigenvalue weighted by molar-refractivity contribution is 5.92. The first-order valence-corrected chi connectivity index (χ1v) is 12.9. The molecule has 2 rings (SSSR count). The van der Waals surface area contributed by atoms with Crippen LogP contribution in [0.15, 0.2) is 12.2 Å². The minimum atomic E-state index is -1.60. The molecule has 1 unspecified atom stereocenters. The number of ether oxygens (including phenoxy) is 2. The van der Waals surface area contributed by atoms with Gasteiger partial charge in [-0.15, -0.1) is 0 Å². The molecule has 2 aliphatic rings. The normalized spacial score (nSPS) is 23.9. The number of carbonyl (C=O) groups excluding carboxylic acids is 5. The number of aliphatic hydroxyl groups is 1. The zero-order valence-electron chi connectivity index (χ0n) is 21.9. The molecule has 2 aliphatic heterocycles. The number of amides is 4.